The van der Waals surface area contributed by atoms with Crippen molar-refractivity contribution in [2.45, 2.75) is 46.5 Å². The van der Waals surface area contributed by atoms with Gasteiger partial charge in [-0.2, -0.15) is 5.26 Å². The Morgan fingerprint density at radius 2 is 0.971 bits per heavy atom. The van der Waals surface area contributed by atoms with E-state index in [1.165, 1.54) is 44.5 Å². The summed E-state index contributed by atoms with van der Waals surface area (Å²) in [6, 6.07) is 15.7. The molecule has 0 aromatic heterocycles. The first-order valence-corrected chi connectivity index (χ1v) is 12.5. The summed E-state index contributed by atoms with van der Waals surface area (Å²) in [7, 11) is 0. The zero-order chi connectivity index (χ0) is 25.5. The van der Waals surface area contributed by atoms with E-state index >= 15 is 0 Å². The molecule has 35 heavy (non-hydrogen) atoms. The van der Waals surface area contributed by atoms with Gasteiger partial charge in [0.2, 0.25) is 0 Å². The molecule has 0 atom stereocenters. The van der Waals surface area contributed by atoms with E-state index in [1.54, 1.807) is 0 Å². The van der Waals surface area contributed by atoms with Crippen LogP contribution in [-0.4, -0.2) is 26.2 Å². The highest BCUT2D eigenvalue weighted by atomic mass is 14.5. The highest BCUT2D eigenvalue weighted by molar-refractivity contribution is 5.80. The molecule has 3 aromatic rings. The molecular weight excluding hydrogens is 430 g/mol. The van der Waals surface area contributed by atoms with E-state index in [0.29, 0.717) is 44.6 Å². The van der Waals surface area contributed by atoms with Crippen molar-refractivity contribution in [3.63, 3.8) is 0 Å². The van der Waals surface area contributed by atoms with E-state index in [9.17, 15) is 5.26 Å². The lowest BCUT2D eigenvalue weighted by molar-refractivity contribution is 0.933. The lowest BCUT2D eigenvalue weighted by Gasteiger charge is -2.20. The van der Waals surface area contributed by atoms with Crippen molar-refractivity contribution in [1.29, 1.82) is 5.26 Å². The summed E-state index contributed by atoms with van der Waals surface area (Å²) >= 11 is 0. The fourth-order valence-electron chi connectivity index (χ4n) is 5.34. The molecule has 0 aliphatic rings. The minimum Gasteiger partial charge on any atom is -0.330 e. The fraction of sp³-hybridized carbons (Fsp3) is 0.367. The molecule has 0 unspecified atom stereocenters. The van der Waals surface area contributed by atoms with Gasteiger partial charge in [0.05, 0.1) is 11.6 Å². The highest BCUT2D eigenvalue weighted by Gasteiger charge is 2.17. The molecule has 3 aromatic carbocycles. The highest BCUT2D eigenvalue weighted by Crippen LogP contribution is 2.37. The Labute approximate surface area is 210 Å². The van der Waals surface area contributed by atoms with E-state index in [1.807, 2.05) is 0 Å². The van der Waals surface area contributed by atoms with E-state index in [-0.39, 0.29) is 0 Å². The van der Waals surface area contributed by atoms with Gasteiger partial charge in [0.1, 0.15) is 0 Å². The second-order valence-electron chi connectivity index (χ2n) is 9.38. The van der Waals surface area contributed by atoms with E-state index in [2.05, 4.69) is 63.2 Å². The van der Waals surface area contributed by atoms with Gasteiger partial charge in [-0.05, 0) is 140 Å². The first kappa shape index (κ1) is 26.6. The van der Waals surface area contributed by atoms with Gasteiger partial charge < -0.3 is 22.9 Å². The predicted molar refractivity (Wildman–Crippen MR) is 147 cm³/mol. The van der Waals surface area contributed by atoms with Crippen LogP contribution in [0.2, 0.25) is 0 Å². The number of hydrogen-bond acceptors (Lipinski definition) is 5. The molecule has 0 saturated heterocycles. The summed E-state index contributed by atoms with van der Waals surface area (Å²) in [6.07, 6.45) is 2.99. The van der Waals surface area contributed by atoms with Gasteiger partial charge in [0, 0.05) is 0 Å². The van der Waals surface area contributed by atoms with Crippen molar-refractivity contribution in [2.24, 2.45) is 22.9 Å². The Morgan fingerprint density at radius 3 is 1.37 bits per heavy atom. The molecule has 3 rings (SSSR count). The largest absolute Gasteiger partial charge is 0.330 e. The third kappa shape index (κ3) is 5.80. The normalized spacial score (nSPS) is 11.0. The van der Waals surface area contributed by atoms with Gasteiger partial charge in [-0.3, -0.25) is 0 Å². The molecule has 0 radical (unpaired) electrons. The van der Waals surface area contributed by atoms with Crippen LogP contribution >= 0.6 is 0 Å². The molecule has 0 fully saturated rings. The molecule has 0 heterocycles. The Morgan fingerprint density at radius 1 is 0.571 bits per heavy atom. The molecule has 8 N–H and O–H groups in total. The van der Waals surface area contributed by atoms with E-state index < -0.39 is 0 Å². The average Bonchev–Trinajstić information content (AvgIpc) is 2.79. The monoisotopic (exact) mass is 469 g/mol. The number of aryl methyl sites for hydroxylation is 3. The van der Waals surface area contributed by atoms with Crippen molar-refractivity contribution in [2.75, 3.05) is 26.2 Å². The fourth-order valence-corrected chi connectivity index (χ4v) is 5.34. The maximum Gasteiger partial charge on any atom is 0.0997 e. The SMILES string of the molecule is Cc1cc(CCN)c(-c2cc(C)c(-c3cc(CCN)c(C#N)c(CCN)c3)c(C)c2)c(CCN)c1. The third-order valence-corrected chi connectivity index (χ3v) is 6.62. The summed E-state index contributed by atoms with van der Waals surface area (Å²) in [5.74, 6) is 0. The molecule has 0 amide bonds. The van der Waals surface area contributed by atoms with Crippen LogP contribution in [0.4, 0.5) is 0 Å². The minimum atomic E-state index is 0.498. The number of nitrogens with two attached hydrogens (primary N) is 4. The molecular formula is C30H39N5. The van der Waals surface area contributed by atoms with Gasteiger partial charge in [-0.15, -0.1) is 0 Å². The summed E-state index contributed by atoms with van der Waals surface area (Å²) in [5.41, 5.74) is 37.4. The van der Waals surface area contributed by atoms with E-state index in [0.717, 1.165) is 29.5 Å². The quantitative estimate of drug-likeness (QED) is 0.359. The number of nitrogens with zero attached hydrogens (tertiary/aromatic N) is 1. The maximum atomic E-state index is 9.80. The maximum absolute atomic E-state index is 9.80. The minimum absolute atomic E-state index is 0.498. The van der Waals surface area contributed by atoms with Crippen LogP contribution in [0.5, 0.6) is 0 Å². The molecule has 184 valence electrons. The van der Waals surface area contributed by atoms with Crippen LogP contribution in [0.1, 0.15) is 44.5 Å². The molecule has 0 aliphatic heterocycles. The van der Waals surface area contributed by atoms with Crippen molar-refractivity contribution in [3.05, 3.63) is 80.9 Å². The Hall–Kier alpha value is -3.01. The summed E-state index contributed by atoms with van der Waals surface area (Å²) in [5, 5.41) is 9.80. The lowest BCUT2D eigenvalue weighted by atomic mass is 9.84. The number of benzene rings is 3. The summed E-state index contributed by atoms with van der Waals surface area (Å²) in [4.78, 5) is 0. The van der Waals surface area contributed by atoms with Crippen LogP contribution in [-0.2, 0) is 25.7 Å². The number of hydrogen-bond donors (Lipinski definition) is 4. The molecule has 0 spiro atoms. The van der Waals surface area contributed by atoms with Gasteiger partial charge in [0.25, 0.3) is 0 Å². The second-order valence-corrected chi connectivity index (χ2v) is 9.38. The molecule has 0 saturated carbocycles. The standard InChI is InChI=1S/C30H39N5/c1-19-12-24(6-10-33)30(25(13-19)7-11-34)26-14-20(2)29(21(3)15-26)27-16-22(4-8-31)28(18-35)23(17-27)5-9-32/h12-17H,4-11,31-34H2,1-3H3. The second kappa shape index (κ2) is 12.1. The van der Waals surface area contributed by atoms with Crippen molar-refractivity contribution < 1.29 is 0 Å². The first-order chi connectivity index (χ1) is 16.9. The Kier molecular flexibility index (Phi) is 9.20. The zero-order valence-corrected chi connectivity index (χ0v) is 21.4. The summed E-state index contributed by atoms with van der Waals surface area (Å²) < 4.78 is 0. The molecule has 5 heteroatoms. The molecule has 5 nitrogen and oxygen atoms in total. The third-order valence-electron chi connectivity index (χ3n) is 6.62. The van der Waals surface area contributed by atoms with Crippen LogP contribution in [0.25, 0.3) is 22.3 Å². The van der Waals surface area contributed by atoms with Crippen LogP contribution in [0, 0.1) is 32.1 Å². The van der Waals surface area contributed by atoms with Crippen LogP contribution in [0.3, 0.4) is 0 Å². The first-order valence-electron chi connectivity index (χ1n) is 12.5. The predicted octanol–water partition coefficient (Wildman–Crippen LogP) is 3.82. The van der Waals surface area contributed by atoms with Gasteiger partial charge in [0.15, 0.2) is 0 Å². The van der Waals surface area contributed by atoms with Crippen LogP contribution in [0.15, 0.2) is 36.4 Å². The van der Waals surface area contributed by atoms with Gasteiger partial charge >= 0.3 is 0 Å². The average molecular weight is 470 g/mol. The lowest BCUT2D eigenvalue weighted by Crippen LogP contribution is -2.10. The summed E-state index contributed by atoms with van der Waals surface area (Å²) in [6.45, 7) is 8.66. The topological polar surface area (TPSA) is 128 Å². The Balaban J connectivity index is 2.23. The van der Waals surface area contributed by atoms with Crippen molar-refractivity contribution in [3.8, 4) is 28.3 Å². The molecule has 0 bridgehead atoms. The number of rotatable bonds is 10. The van der Waals surface area contributed by atoms with Crippen LogP contribution < -0.4 is 22.9 Å². The van der Waals surface area contributed by atoms with Gasteiger partial charge in [-0.25, -0.2) is 0 Å². The number of nitriles is 1. The smallest absolute Gasteiger partial charge is 0.0997 e. The van der Waals surface area contributed by atoms with E-state index in [4.69, 9.17) is 22.9 Å². The van der Waals surface area contributed by atoms with Crippen molar-refractivity contribution >= 4 is 0 Å². The van der Waals surface area contributed by atoms with Gasteiger partial charge in [-0.1, -0.05) is 29.8 Å². The Bertz CT molecular complexity index is 1160. The van der Waals surface area contributed by atoms with Crippen molar-refractivity contribution in [1.82, 2.24) is 0 Å². The molecule has 0 aliphatic carbocycles. The zero-order valence-electron chi connectivity index (χ0n) is 21.4.